The summed E-state index contributed by atoms with van der Waals surface area (Å²) < 4.78 is 50.6. The molecule has 3 aromatic heterocycles. The number of aromatic amines is 1. The van der Waals surface area contributed by atoms with Crippen molar-refractivity contribution in [1.82, 2.24) is 40.0 Å². The van der Waals surface area contributed by atoms with Gasteiger partial charge in [-0.2, -0.15) is 14.6 Å². The minimum absolute atomic E-state index is 0.0181. The number of carbonyl (C=O) groups is 3. The Hall–Kier alpha value is -6.33. The molecule has 1 aliphatic carbocycles. The van der Waals surface area contributed by atoms with Crippen molar-refractivity contribution in [3.63, 3.8) is 0 Å². The van der Waals surface area contributed by atoms with Gasteiger partial charge < -0.3 is 20.2 Å². The summed E-state index contributed by atoms with van der Waals surface area (Å²) in [7, 11) is -0.704. The van der Waals surface area contributed by atoms with E-state index in [1.54, 1.807) is 38.6 Å². The highest BCUT2D eigenvalue weighted by Gasteiger charge is 2.31. The minimum atomic E-state index is -4.06. The quantitative estimate of drug-likeness (QED) is 0.0845. The number of carbonyl (C=O) groups excluding carboxylic acids is 3. The van der Waals surface area contributed by atoms with Crippen molar-refractivity contribution in [3.8, 4) is 17.0 Å². The van der Waals surface area contributed by atoms with Crippen LogP contribution in [0, 0.1) is 11.7 Å². The topological polar surface area (TPSA) is 194 Å². The number of aldehydes is 2. The highest BCUT2D eigenvalue weighted by atomic mass is 32.2. The molecule has 1 unspecified atom stereocenters. The summed E-state index contributed by atoms with van der Waals surface area (Å²) in [6.07, 6.45) is 9.21. The Morgan fingerprint density at radius 3 is 2.60 bits per heavy atom. The average molecular weight is 836 g/mol. The molecule has 0 radical (unpaired) electrons. The van der Waals surface area contributed by atoms with Crippen LogP contribution in [0.1, 0.15) is 72.5 Å². The molecule has 0 spiro atoms. The van der Waals surface area contributed by atoms with E-state index >= 15 is 4.39 Å². The minimum Gasteiger partial charge on any atom is -0.485 e. The average Bonchev–Trinajstić information content (AvgIpc) is 3.91. The first-order chi connectivity index (χ1) is 28.9. The summed E-state index contributed by atoms with van der Waals surface area (Å²) in [5.74, 6) is 0.0608. The molecule has 60 heavy (non-hydrogen) atoms. The van der Waals surface area contributed by atoms with Gasteiger partial charge in [0.1, 0.15) is 30.4 Å². The molecule has 17 heteroatoms. The summed E-state index contributed by atoms with van der Waals surface area (Å²) in [5, 5.41) is 16.5. The Balaban J connectivity index is 0.999. The number of hydrogen-bond acceptors (Lipinski definition) is 12. The normalized spacial score (nSPS) is 15.8. The number of H-pyrrole nitrogens is 1. The second-order valence-corrected chi connectivity index (χ2v) is 17.3. The van der Waals surface area contributed by atoms with Crippen molar-refractivity contribution in [2.45, 2.75) is 80.4 Å². The first-order valence-corrected chi connectivity index (χ1v) is 21.1. The number of fused-ring (bicyclic) bond motifs is 1. The van der Waals surface area contributed by atoms with Gasteiger partial charge in [0.15, 0.2) is 5.75 Å². The Morgan fingerprint density at radius 1 is 1.10 bits per heavy atom. The van der Waals surface area contributed by atoms with Crippen molar-refractivity contribution in [3.05, 3.63) is 107 Å². The number of amides is 1. The largest absolute Gasteiger partial charge is 0.485 e. The lowest BCUT2D eigenvalue weighted by atomic mass is 9.69. The number of benzene rings is 3. The summed E-state index contributed by atoms with van der Waals surface area (Å²) in [6.45, 7) is 4.11. The Labute approximate surface area is 346 Å². The molecule has 1 aliphatic rings. The smallest absolute Gasteiger partial charge is 0.247 e. The number of anilines is 2. The van der Waals surface area contributed by atoms with Crippen molar-refractivity contribution < 1.29 is 31.9 Å². The highest BCUT2D eigenvalue weighted by molar-refractivity contribution is 7.91. The van der Waals surface area contributed by atoms with Gasteiger partial charge in [0.25, 0.3) is 0 Å². The monoisotopic (exact) mass is 835 g/mol. The fourth-order valence-electron chi connectivity index (χ4n) is 7.50. The van der Waals surface area contributed by atoms with Gasteiger partial charge in [0.05, 0.1) is 33.8 Å². The number of sulfone groups is 1. The highest BCUT2D eigenvalue weighted by Crippen LogP contribution is 2.44. The van der Waals surface area contributed by atoms with E-state index in [9.17, 15) is 22.8 Å². The van der Waals surface area contributed by atoms with Crippen LogP contribution < -0.4 is 15.4 Å². The van der Waals surface area contributed by atoms with Crippen LogP contribution >= 0.6 is 0 Å². The van der Waals surface area contributed by atoms with Gasteiger partial charge >= 0.3 is 0 Å². The molecule has 3 aromatic carbocycles. The van der Waals surface area contributed by atoms with Crippen LogP contribution in [0.25, 0.3) is 16.9 Å². The Kier molecular flexibility index (Phi) is 12.5. The molecule has 3 heterocycles. The number of likely N-dealkylation sites (N-methyl/N-ethyl adjacent to an activating group) is 1. The predicted octanol–water partition coefficient (Wildman–Crippen LogP) is 6.09. The molecule has 312 valence electrons. The van der Waals surface area contributed by atoms with Crippen LogP contribution in [-0.4, -0.2) is 87.8 Å². The van der Waals surface area contributed by atoms with Crippen molar-refractivity contribution in [1.29, 1.82) is 0 Å². The molecular weight excluding hydrogens is 790 g/mol. The maximum atomic E-state index is 15.6. The van der Waals surface area contributed by atoms with E-state index in [0.29, 0.717) is 53.5 Å². The number of ether oxygens (including phenoxy) is 1. The van der Waals surface area contributed by atoms with E-state index < -0.39 is 21.7 Å². The van der Waals surface area contributed by atoms with E-state index in [-0.39, 0.29) is 45.8 Å². The van der Waals surface area contributed by atoms with E-state index in [0.717, 1.165) is 48.2 Å². The molecule has 1 fully saturated rings. The van der Waals surface area contributed by atoms with Crippen LogP contribution in [0.2, 0.25) is 0 Å². The molecule has 1 saturated carbocycles. The third-order valence-corrected chi connectivity index (χ3v) is 12.5. The van der Waals surface area contributed by atoms with E-state index in [4.69, 9.17) is 4.74 Å². The van der Waals surface area contributed by atoms with Crippen LogP contribution in [0.15, 0.2) is 89.2 Å². The molecule has 1 amide bonds. The third kappa shape index (κ3) is 9.11. The van der Waals surface area contributed by atoms with E-state index in [2.05, 4.69) is 35.9 Å². The van der Waals surface area contributed by atoms with Gasteiger partial charge in [-0.15, -0.1) is 5.10 Å². The fraction of sp³-hybridized carbons (Fsp3) is 0.326. The number of halogens is 1. The van der Waals surface area contributed by atoms with Crippen molar-refractivity contribution >= 4 is 45.6 Å². The first kappa shape index (κ1) is 41.8. The zero-order chi connectivity index (χ0) is 42.6. The Morgan fingerprint density at radius 2 is 1.90 bits per heavy atom. The maximum Gasteiger partial charge on any atom is 0.247 e. The zero-order valence-corrected chi connectivity index (χ0v) is 34.4. The molecule has 7 rings (SSSR count). The number of hydrogen-bond donors (Lipinski definition) is 3. The summed E-state index contributed by atoms with van der Waals surface area (Å²) in [5.41, 5.74) is 4.84. The number of aromatic nitrogens is 6. The van der Waals surface area contributed by atoms with Crippen LogP contribution in [0.4, 0.5) is 16.0 Å². The summed E-state index contributed by atoms with van der Waals surface area (Å²) in [4.78, 5) is 46.2. The first-order valence-electron chi connectivity index (χ1n) is 19.6. The van der Waals surface area contributed by atoms with Crippen LogP contribution in [0.3, 0.4) is 0 Å². The second kappa shape index (κ2) is 17.9. The van der Waals surface area contributed by atoms with E-state index in [1.807, 2.05) is 43.0 Å². The molecule has 3 N–H and O–H groups in total. The van der Waals surface area contributed by atoms with Gasteiger partial charge in [-0.05, 0) is 105 Å². The third-order valence-electron chi connectivity index (χ3n) is 10.8. The predicted molar refractivity (Wildman–Crippen MR) is 221 cm³/mol. The fourth-order valence-corrected chi connectivity index (χ4v) is 8.84. The zero-order valence-electron chi connectivity index (χ0n) is 33.6. The number of rotatable bonds is 18. The summed E-state index contributed by atoms with van der Waals surface area (Å²) in [6, 6.07) is 15.8. The second-order valence-electron chi connectivity index (χ2n) is 15.3. The molecule has 15 nitrogen and oxygen atoms in total. The van der Waals surface area contributed by atoms with Gasteiger partial charge in [-0.1, -0.05) is 30.3 Å². The standard InChI is InChI=1S/C43H46FN9O6S/c1-26(2)59-41-40(33-20-47-48-21-33)46-25-53-42(41)50-43(51-53)49-38-12-11-36(19-37(38)44)60(57,58)35-7-5-6-27(17-35)14-28-15-31(16-28)29-8-9-30(23-54)32(18-29)22-52(4)34(24-55)10-13-39(56)45-3/h5-9,11-12,17-21,23-26,28,31,34H,10,13-16,22H2,1-4H3,(H,45,56)(H,47,48)(H,49,51). The van der Waals surface area contributed by atoms with Crippen LogP contribution in [0.5, 0.6) is 5.75 Å². The van der Waals surface area contributed by atoms with Crippen molar-refractivity contribution in [2.75, 3.05) is 19.4 Å². The lowest BCUT2D eigenvalue weighted by Gasteiger charge is -2.36. The summed E-state index contributed by atoms with van der Waals surface area (Å²) >= 11 is 0. The molecule has 0 saturated heterocycles. The molecule has 0 aliphatic heterocycles. The van der Waals surface area contributed by atoms with Gasteiger partial charge in [0.2, 0.25) is 27.3 Å². The molecule has 1 atom stereocenters. The SMILES string of the molecule is CNC(=O)CCC(C=O)N(C)Cc1cc(C2CC(Cc3cccc(S(=O)(=O)c4ccc(Nc5nc6c(OC(C)C)c(-c7cn[nH]c7)ncn6n5)c(F)c4)c3)C2)ccc1C=O. The lowest BCUT2D eigenvalue weighted by Crippen LogP contribution is -2.34. The Bertz CT molecular complexity index is 2630. The van der Waals surface area contributed by atoms with Gasteiger partial charge in [0, 0.05) is 37.3 Å². The molecule has 0 bridgehead atoms. The lowest BCUT2D eigenvalue weighted by molar-refractivity contribution is -0.121. The van der Waals surface area contributed by atoms with Crippen molar-refractivity contribution in [2.24, 2.45) is 5.92 Å². The molecular formula is C43H46FN9O6S. The van der Waals surface area contributed by atoms with Crippen LogP contribution in [-0.2, 0) is 32.4 Å². The molecule has 6 aromatic rings. The maximum absolute atomic E-state index is 15.6. The van der Waals surface area contributed by atoms with Gasteiger partial charge in [-0.3, -0.25) is 19.6 Å². The number of nitrogens with one attached hydrogen (secondary N) is 3. The number of nitrogens with zero attached hydrogens (tertiary/aromatic N) is 6. The van der Waals surface area contributed by atoms with Gasteiger partial charge in [-0.25, -0.2) is 17.8 Å². The van der Waals surface area contributed by atoms with E-state index in [1.165, 1.54) is 29.0 Å².